The molecule has 138 valence electrons. The number of sulfonamides is 1. The summed E-state index contributed by atoms with van der Waals surface area (Å²) in [6, 6.07) is 16.4. The number of carbonyl (C=O) groups excluding carboxylic acids is 1. The first kappa shape index (κ1) is 17.5. The number of nitrogens with zero attached hydrogens (tertiary/aromatic N) is 2. The lowest BCUT2D eigenvalue weighted by molar-refractivity contribution is -0.128. The first-order valence-corrected chi connectivity index (χ1v) is 9.85. The van der Waals surface area contributed by atoms with Gasteiger partial charge in [0.05, 0.1) is 10.6 Å². The Morgan fingerprint density at radius 2 is 1.78 bits per heavy atom. The van der Waals surface area contributed by atoms with Crippen LogP contribution in [0.5, 0.6) is 0 Å². The smallest absolute Gasteiger partial charge is 0.265 e. The van der Waals surface area contributed by atoms with Gasteiger partial charge in [0.2, 0.25) is 5.91 Å². The Kier molecular flexibility index (Phi) is 4.11. The number of rotatable bonds is 4. The summed E-state index contributed by atoms with van der Waals surface area (Å²) in [5.74, 6) is -0.745. The van der Waals surface area contributed by atoms with Gasteiger partial charge in [-0.05, 0) is 35.2 Å². The fourth-order valence-electron chi connectivity index (χ4n) is 3.37. The summed E-state index contributed by atoms with van der Waals surface area (Å²) in [6.07, 6.45) is 0. The zero-order chi connectivity index (χ0) is 19.2. The van der Waals surface area contributed by atoms with Crippen LogP contribution >= 0.6 is 0 Å². The lowest BCUT2D eigenvalue weighted by atomic mass is 10.1. The van der Waals surface area contributed by atoms with Gasteiger partial charge in [-0.15, -0.1) is 0 Å². The Labute approximate surface area is 156 Å². The van der Waals surface area contributed by atoms with Crippen LogP contribution in [-0.4, -0.2) is 32.8 Å². The van der Waals surface area contributed by atoms with Gasteiger partial charge in [-0.1, -0.05) is 36.4 Å². The van der Waals surface area contributed by atoms with E-state index >= 15 is 0 Å². The number of hydrogen-bond donors (Lipinski definition) is 0. The second kappa shape index (κ2) is 6.35. The number of amides is 1. The average Bonchev–Trinajstić information content (AvgIpc) is 2.85. The molecule has 0 bridgehead atoms. The molecule has 0 radical (unpaired) electrons. The summed E-state index contributed by atoms with van der Waals surface area (Å²) in [7, 11) is -2.21. The first-order valence-electron chi connectivity index (χ1n) is 8.41. The van der Waals surface area contributed by atoms with Crippen molar-refractivity contribution in [3.8, 4) is 0 Å². The van der Waals surface area contributed by atoms with Crippen LogP contribution in [-0.2, 0) is 21.4 Å². The van der Waals surface area contributed by atoms with Gasteiger partial charge < -0.3 is 4.90 Å². The Balaban J connectivity index is 1.61. The van der Waals surface area contributed by atoms with E-state index in [4.69, 9.17) is 0 Å². The van der Waals surface area contributed by atoms with Gasteiger partial charge in [0.1, 0.15) is 12.4 Å². The molecule has 0 aromatic heterocycles. The summed E-state index contributed by atoms with van der Waals surface area (Å²) in [5, 5.41) is 1.46. The molecule has 27 heavy (non-hydrogen) atoms. The number of likely N-dealkylation sites (N-methyl/N-ethyl adjacent to an activating group) is 1. The highest BCUT2D eigenvalue weighted by Crippen LogP contribution is 2.41. The molecule has 0 atom stereocenters. The first-order chi connectivity index (χ1) is 12.9. The molecule has 1 amide bonds. The number of anilines is 1. The minimum Gasteiger partial charge on any atom is -0.340 e. The molecule has 3 aromatic rings. The summed E-state index contributed by atoms with van der Waals surface area (Å²) in [6.45, 7) is -0.108. The number of halogens is 1. The maximum atomic E-state index is 13.3. The van der Waals surface area contributed by atoms with Crippen LogP contribution in [0.3, 0.4) is 0 Å². The van der Waals surface area contributed by atoms with Crippen molar-refractivity contribution < 1.29 is 17.6 Å². The van der Waals surface area contributed by atoms with Crippen molar-refractivity contribution in [3.05, 3.63) is 72.0 Å². The predicted octanol–water partition coefficient (Wildman–Crippen LogP) is 3.15. The second-order valence-electron chi connectivity index (χ2n) is 6.52. The Bertz CT molecular complexity index is 1160. The van der Waals surface area contributed by atoms with E-state index in [-0.39, 0.29) is 29.7 Å². The quantitative estimate of drug-likeness (QED) is 0.694. The standard InChI is InChI=1S/C20H17FN2O3S/c1-22(12-14-5-2-8-16(21)11-14)19(24)13-23-17-9-3-6-15-7-4-10-18(20(15)17)27(23,25)26/h2-11H,12-13H2,1H3. The van der Waals surface area contributed by atoms with E-state index in [0.29, 0.717) is 16.6 Å². The topological polar surface area (TPSA) is 57.7 Å². The van der Waals surface area contributed by atoms with Gasteiger partial charge >= 0.3 is 0 Å². The lowest BCUT2D eigenvalue weighted by Crippen LogP contribution is -2.39. The van der Waals surface area contributed by atoms with Crippen molar-refractivity contribution in [1.82, 2.24) is 4.90 Å². The third kappa shape index (κ3) is 2.94. The van der Waals surface area contributed by atoms with Gasteiger partial charge in [0.25, 0.3) is 10.0 Å². The van der Waals surface area contributed by atoms with Gasteiger partial charge in [0, 0.05) is 19.0 Å². The number of benzene rings is 3. The van der Waals surface area contributed by atoms with E-state index in [1.807, 2.05) is 12.1 Å². The van der Waals surface area contributed by atoms with Crippen LogP contribution in [0.2, 0.25) is 0 Å². The zero-order valence-corrected chi connectivity index (χ0v) is 15.4. The SMILES string of the molecule is CN(Cc1cccc(F)c1)C(=O)CN1c2cccc3cccc(c23)S1(=O)=O. The average molecular weight is 384 g/mol. The Hall–Kier alpha value is -2.93. The Morgan fingerprint density at radius 1 is 1.07 bits per heavy atom. The zero-order valence-electron chi connectivity index (χ0n) is 14.6. The molecule has 5 nitrogen and oxygen atoms in total. The summed E-state index contributed by atoms with van der Waals surface area (Å²) >= 11 is 0. The lowest BCUT2D eigenvalue weighted by Gasteiger charge is -2.23. The second-order valence-corrected chi connectivity index (χ2v) is 8.35. The minimum absolute atomic E-state index is 0.196. The van der Waals surface area contributed by atoms with E-state index in [9.17, 15) is 17.6 Å². The molecule has 3 aromatic carbocycles. The molecule has 0 aliphatic carbocycles. The van der Waals surface area contributed by atoms with E-state index in [0.717, 1.165) is 9.69 Å². The van der Waals surface area contributed by atoms with Crippen LogP contribution in [0.15, 0.2) is 65.6 Å². The third-order valence-electron chi connectivity index (χ3n) is 4.69. The van der Waals surface area contributed by atoms with Gasteiger partial charge in [-0.25, -0.2) is 12.8 Å². The summed E-state index contributed by atoms with van der Waals surface area (Å²) in [4.78, 5) is 14.3. The molecule has 1 heterocycles. The number of carbonyl (C=O) groups is 1. The highest BCUT2D eigenvalue weighted by Gasteiger charge is 2.37. The largest absolute Gasteiger partial charge is 0.340 e. The molecule has 0 fully saturated rings. The fourth-order valence-corrected chi connectivity index (χ4v) is 5.03. The van der Waals surface area contributed by atoms with Crippen LogP contribution in [0.1, 0.15) is 5.56 Å². The van der Waals surface area contributed by atoms with Crippen molar-refractivity contribution >= 4 is 32.4 Å². The van der Waals surface area contributed by atoms with E-state index in [1.54, 1.807) is 43.4 Å². The molecular formula is C20H17FN2O3S. The van der Waals surface area contributed by atoms with E-state index < -0.39 is 10.0 Å². The molecule has 4 rings (SSSR count). The van der Waals surface area contributed by atoms with Crippen LogP contribution in [0, 0.1) is 5.82 Å². The molecule has 1 aliphatic rings. The van der Waals surface area contributed by atoms with Crippen LogP contribution < -0.4 is 4.31 Å². The van der Waals surface area contributed by atoms with E-state index in [2.05, 4.69) is 0 Å². The van der Waals surface area contributed by atoms with Gasteiger partial charge in [-0.2, -0.15) is 0 Å². The molecule has 0 N–H and O–H groups in total. The molecule has 0 saturated heterocycles. The maximum absolute atomic E-state index is 13.3. The normalized spacial score (nSPS) is 14.5. The van der Waals surface area contributed by atoms with E-state index in [1.165, 1.54) is 17.0 Å². The van der Waals surface area contributed by atoms with Gasteiger partial charge in [-0.3, -0.25) is 9.10 Å². The monoisotopic (exact) mass is 384 g/mol. The summed E-state index contributed by atoms with van der Waals surface area (Å²) in [5.41, 5.74) is 1.15. The van der Waals surface area contributed by atoms with Crippen molar-refractivity contribution in [2.24, 2.45) is 0 Å². The maximum Gasteiger partial charge on any atom is 0.265 e. The summed E-state index contributed by atoms with van der Waals surface area (Å²) < 4.78 is 40.3. The third-order valence-corrected chi connectivity index (χ3v) is 6.50. The van der Waals surface area contributed by atoms with Crippen molar-refractivity contribution in [2.75, 3.05) is 17.9 Å². The predicted molar refractivity (Wildman–Crippen MR) is 101 cm³/mol. The van der Waals surface area contributed by atoms with Crippen LogP contribution in [0.25, 0.3) is 10.8 Å². The molecule has 1 aliphatic heterocycles. The molecule has 7 heteroatoms. The fraction of sp³-hybridized carbons (Fsp3) is 0.150. The highest BCUT2D eigenvalue weighted by atomic mass is 32.2. The number of hydrogen-bond acceptors (Lipinski definition) is 3. The van der Waals surface area contributed by atoms with Crippen molar-refractivity contribution in [3.63, 3.8) is 0 Å². The minimum atomic E-state index is -3.78. The Morgan fingerprint density at radius 3 is 2.52 bits per heavy atom. The molecular weight excluding hydrogens is 367 g/mol. The molecule has 0 unspecified atom stereocenters. The molecule has 0 saturated carbocycles. The molecule has 0 spiro atoms. The van der Waals surface area contributed by atoms with Crippen molar-refractivity contribution in [1.29, 1.82) is 0 Å². The van der Waals surface area contributed by atoms with Crippen LogP contribution in [0.4, 0.5) is 10.1 Å². The highest BCUT2D eigenvalue weighted by molar-refractivity contribution is 7.93. The van der Waals surface area contributed by atoms with Gasteiger partial charge in [0.15, 0.2) is 0 Å². The van der Waals surface area contributed by atoms with Crippen molar-refractivity contribution in [2.45, 2.75) is 11.4 Å².